The van der Waals surface area contributed by atoms with Crippen LogP contribution in [0.3, 0.4) is 0 Å². The molecule has 7 heterocycles. The van der Waals surface area contributed by atoms with E-state index in [0.29, 0.717) is 66.5 Å². The van der Waals surface area contributed by atoms with Crippen molar-refractivity contribution in [1.82, 2.24) is 58.7 Å². The Morgan fingerprint density at radius 1 is 0.505 bits per heavy atom. The number of rotatable bonds is 13. The van der Waals surface area contributed by atoms with Gasteiger partial charge in [-0.1, -0.05) is 71.2 Å². The zero-order valence-electron chi connectivity index (χ0n) is 53.1. The number of benzene rings is 5. The second-order valence-corrected chi connectivity index (χ2v) is 25.6. The van der Waals surface area contributed by atoms with Crippen molar-refractivity contribution in [1.29, 1.82) is 0 Å². The Hall–Kier alpha value is -8.71. The highest BCUT2D eigenvalue weighted by atomic mass is 35.5. The summed E-state index contributed by atoms with van der Waals surface area (Å²) in [5.41, 5.74) is 2.65. The van der Waals surface area contributed by atoms with E-state index in [1.54, 1.807) is 57.4 Å². The van der Waals surface area contributed by atoms with Gasteiger partial charge in [-0.25, -0.2) is 14.4 Å². The number of ether oxygens (including phenoxy) is 2. The third kappa shape index (κ3) is 17.8. The van der Waals surface area contributed by atoms with Gasteiger partial charge in [-0.15, -0.1) is 0 Å². The molecule has 95 heavy (non-hydrogen) atoms. The average molecular weight is 1360 g/mol. The van der Waals surface area contributed by atoms with Crippen LogP contribution in [0, 0.1) is 5.41 Å². The quantitative estimate of drug-likeness (QED) is 0.0989. The third-order valence-electron chi connectivity index (χ3n) is 17.1. The lowest BCUT2D eigenvalue weighted by atomic mass is 9.72. The normalized spacial score (nSPS) is 17.4. The van der Waals surface area contributed by atoms with Crippen LogP contribution >= 0.6 is 34.8 Å². The summed E-state index contributed by atoms with van der Waals surface area (Å²) in [5.74, 6) is 2.35. The van der Waals surface area contributed by atoms with Crippen molar-refractivity contribution in [2.45, 2.75) is 85.4 Å². The minimum absolute atomic E-state index is 0.0163. The van der Waals surface area contributed by atoms with Crippen LogP contribution in [0.2, 0.25) is 15.1 Å². The van der Waals surface area contributed by atoms with Crippen LogP contribution < -0.4 is 9.47 Å². The highest BCUT2D eigenvalue weighted by Crippen LogP contribution is 2.43. The van der Waals surface area contributed by atoms with E-state index in [4.69, 9.17) is 44.3 Å². The standard InChI is InChI=1S/2C24H25ClN4O3.C21H22ClF3N4O2/c1-17-15-27(12-13-28(17)24(31)29-11-10-22(26-29)18(2)30)16-19-6-5-7-20(14-19)32-23-9-4-3-8-21(23)25;1-17-15-27(12-13-28(17)24(31)29-11-10-23(26-29)18(2)30)16-19-4-3-5-22(14-19)32-21-8-6-20(25)7-9-21;1-14(30)18-4-7-29(26-18)19(31)28-8-5-20(6-9-28)12-27(13-20)11-15-10-16(22)2-3-17(15)21(23,24)25/h2*3-11,14,17H,12-13,15-16H2,1-2H3;2-4,7,10H,5-6,8-9,11-13H2,1H3/t2*17-;/m10./s1. The molecule has 0 bridgehead atoms. The van der Waals surface area contributed by atoms with E-state index >= 15 is 0 Å². The fraction of sp³-hybridized carbons (Fsp3) is 0.348. The summed E-state index contributed by atoms with van der Waals surface area (Å²) in [6.07, 6.45) is 1.71. The van der Waals surface area contributed by atoms with Gasteiger partial charge in [0.25, 0.3) is 0 Å². The van der Waals surface area contributed by atoms with Crippen molar-refractivity contribution in [3.63, 3.8) is 0 Å². The van der Waals surface area contributed by atoms with E-state index < -0.39 is 11.7 Å². The van der Waals surface area contributed by atoms with Crippen LogP contribution in [0.4, 0.5) is 27.6 Å². The van der Waals surface area contributed by atoms with Crippen LogP contribution in [-0.2, 0) is 25.8 Å². The van der Waals surface area contributed by atoms with Gasteiger partial charge in [0, 0.05) is 147 Å². The molecule has 4 fully saturated rings. The van der Waals surface area contributed by atoms with E-state index in [9.17, 15) is 41.9 Å². The van der Waals surface area contributed by atoms with E-state index in [1.165, 1.54) is 59.2 Å². The number of nitrogens with zero attached hydrogens (tertiary/aromatic N) is 12. The maximum Gasteiger partial charge on any atom is 0.416 e. The molecule has 1 spiro atoms. The predicted octanol–water partition coefficient (Wildman–Crippen LogP) is 13.7. The first-order valence-electron chi connectivity index (χ1n) is 31.0. The first-order chi connectivity index (χ1) is 45.3. The molecule has 0 unspecified atom stereocenters. The Bertz CT molecular complexity index is 4070. The van der Waals surface area contributed by atoms with Crippen LogP contribution in [-0.4, -0.2) is 172 Å². The van der Waals surface area contributed by atoms with Crippen LogP contribution in [0.25, 0.3) is 0 Å². The van der Waals surface area contributed by atoms with Gasteiger partial charge in [-0.05, 0) is 146 Å². The largest absolute Gasteiger partial charge is 0.457 e. The Morgan fingerprint density at radius 2 is 0.979 bits per heavy atom. The zero-order chi connectivity index (χ0) is 67.7. The summed E-state index contributed by atoms with van der Waals surface area (Å²) in [6.45, 7) is 16.7. The molecule has 0 saturated carbocycles. The number of carbonyl (C=O) groups excluding carboxylic acids is 6. The summed E-state index contributed by atoms with van der Waals surface area (Å²) in [7, 11) is 0. The number of hydrogen-bond acceptors (Lipinski definition) is 14. The molecule has 20 nitrogen and oxygen atoms in total. The van der Waals surface area contributed by atoms with Gasteiger partial charge in [-0.2, -0.15) is 42.5 Å². The number of halogens is 6. The van der Waals surface area contributed by atoms with Gasteiger partial charge >= 0.3 is 24.3 Å². The number of piperazine rings is 2. The Kier molecular flexibility index (Phi) is 22.1. The van der Waals surface area contributed by atoms with Crippen molar-refractivity contribution < 1.29 is 51.4 Å². The molecule has 4 aliphatic rings. The molecular formula is C69H72Cl3F3N12O8. The van der Waals surface area contributed by atoms with Gasteiger partial charge in [0.15, 0.2) is 17.3 Å². The molecule has 12 rings (SSSR count). The van der Waals surface area contributed by atoms with Crippen LogP contribution in [0.15, 0.2) is 152 Å². The first kappa shape index (κ1) is 69.1. The smallest absolute Gasteiger partial charge is 0.416 e. The summed E-state index contributed by atoms with van der Waals surface area (Å²) in [4.78, 5) is 84.5. The van der Waals surface area contributed by atoms with E-state index in [-0.39, 0.29) is 75.8 Å². The number of Topliss-reactive ketones (excluding diaryl/α,β-unsaturated/α-hetero) is 3. The van der Waals surface area contributed by atoms with Crippen molar-refractivity contribution in [3.8, 4) is 23.0 Å². The van der Waals surface area contributed by atoms with E-state index in [1.807, 2.05) is 85.5 Å². The van der Waals surface area contributed by atoms with Gasteiger partial charge < -0.3 is 24.2 Å². The molecule has 5 aromatic carbocycles. The van der Waals surface area contributed by atoms with Crippen LogP contribution in [0.5, 0.6) is 23.0 Å². The summed E-state index contributed by atoms with van der Waals surface area (Å²) < 4.78 is 55.4. The molecular weight excluding hydrogens is 1290 g/mol. The second-order valence-electron chi connectivity index (χ2n) is 24.3. The fourth-order valence-corrected chi connectivity index (χ4v) is 12.6. The van der Waals surface area contributed by atoms with Gasteiger partial charge in [0.05, 0.1) is 10.6 Å². The number of hydrogen-bond donors (Lipinski definition) is 0. The zero-order valence-corrected chi connectivity index (χ0v) is 55.4. The second kappa shape index (κ2) is 30.4. The maximum absolute atomic E-state index is 13.3. The molecule has 0 N–H and O–H groups in total. The van der Waals surface area contributed by atoms with Crippen molar-refractivity contribution in [2.75, 3.05) is 65.4 Å². The molecule has 8 aromatic rings. The number of carbonyl (C=O) groups is 6. The Morgan fingerprint density at radius 3 is 1.44 bits per heavy atom. The predicted molar refractivity (Wildman–Crippen MR) is 353 cm³/mol. The van der Waals surface area contributed by atoms with Crippen molar-refractivity contribution >= 4 is 70.2 Å². The van der Waals surface area contributed by atoms with E-state index in [2.05, 4.69) is 37.2 Å². The van der Waals surface area contributed by atoms with Gasteiger partial charge in [-0.3, -0.25) is 29.1 Å². The summed E-state index contributed by atoms with van der Waals surface area (Å²) in [5, 5.41) is 13.7. The number of likely N-dealkylation sites (tertiary alicyclic amines) is 2. The molecule has 3 aromatic heterocycles. The van der Waals surface area contributed by atoms with Gasteiger partial charge in [0.2, 0.25) is 0 Å². The topological polar surface area (TPSA) is 194 Å². The number of aromatic nitrogens is 6. The average Bonchev–Trinajstić information content (AvgIpc) is 1.17. The summed E-state index contributed by atoms with van der Waals surface area (Å²) >= 11 is 18.1. The Labute approximate surface area is 563 Å². The fourth-order valence-electron chi connectivity index (χ4n) is 12.1. The SMILES string of the molecule is CC(=O)c1ccn(C(=O)N2CCC3(CC2)CN(Cc2cc(Cl)ccc2C(F)(F)F)C3)n1.CC(=O)c1ccn(C(=O)N2CCN(Cc3cccc(Oc4ccc(Cl)cc4)c3)C[C@@H]2C)n1.CC(=O)c1ccn(C(=O)N2CCN(Cc3cccc(Oc4ccccc4Cl)c3)C[C@H]2C)n1. The van der Waals surface area contributed by atoms with Crippen LogP contribution in [0.1, 0.15) is 101 Å². The highest BCUT2D eigenvalue weighted by Gasteiger charge is 2.46. The summed E-state index contributed by atoms with van der Waals surface area (Å²) in [6, 6.07) is 38.3. The minimum Gasteiger partial charge on any atom is -0.457 e. The molecule has 26 heteroatoms. The number of alkyl halides is 3. The first-order valence-corrected chi connectivity index (χ1v) is 32.2. The maximum atomic E-state index is 13.3. The molecule has 2 atom stereocenters. The van der Waals surface area contributed by atoms with E-state index in [0.717, 1.165) is 86.6 Å². The molecule has 4 aliphatic heterocycles. The number of para-hydroxylation sites is 1. The Balaban J connectivity index is 0.000000155. The lowest BCUT2D eigenvalue weighted by Gasteiger charge is -2.54. The molecule has 0 radical (unpaired) electrons. The minimum atomic E-state index is -4.41. The molecule has 3 amide bonds. The third-order valence-corrected chi connectivity index (χ3v) is 17.9. The molecule has 0 aliphatic carbocycles. The highest BCUT2D eigenvalue weighted by molar-refractivity contribution is 6.32. The lowest BCUT2D eigenvalue weighted by molar-refractivity contribution is -0.139. The lowest BCUT2D eigenvalue weighted by Crippen LogP contribution is -2.60. The molecule has 498 valence electrons. The van der Waals surface area contributed by atoms with Crippen molar-refractivity contribution in [2.24, 2.45) is 5.41 Å². The monoisotopic (exact) mass is 1360 g/mol. The number of amides is 3. The van der Waals surface area contributed by atoms with Gasteiger partial charge in [0.1, 0.15) is 40.1 Å². The number of piperidine rings is 1. The van der Waals surface area contributed by atoms with Crippen molar-refractivity contribution in [3.05, 3.63) is 206 Å². The molecule has 4 saturated heterocycles. The number of ketones is 3.